The third-order valence-corrected chi connectivity index (χ3v) is 1.61. The second kappa shape index (κ2) is 5.15. The number of nitrogens with two attached hydrogens (primary N) is 1. The molecule has 0 saturated carbocycles. The van der Waals surface area contributed by atoms with Gasteiger partial charge in [-0.25, -0.2) is 0 Å². The van der Waals surface area contributed by atoms with E-state index >= 15 is 0 Å². The molecule has 1 aromatic heterocycles. The Balaban J connectivity index is 2.37. The van der Waals surface area contributed by atoms with Crippen molar-refractivity contribution < 1.29 is 17.9 Å². The minimum absolute atomic E-state index is 0.147. The van der Waals surface area contributed by atoms with E-state index in [1.54, 1.807) is 0 Å². The van der Waals surface area contributed by atoms with Gasteiger partial charge in [-0.3, -0.25) is 0 Å². The summed E-state index contributed by atoms with van der Waals surface area (Å²) in [6.07, 6.45) is -5.31. The highest BCUT2D eigenvalue weighted by atomic mass is 35.5. The Morgan fingerprint density at radius 1 is 1.25 bits per heavy atom. The largest absolute Gasteiger partial charge is 0.463 e. The molecule has 0 aliphatic rings. The number of alkyl halides is 3. The number of anilines is 1. The molecule has 0 bridgehead atoms. The van der Waals surface area contributed by atoms with Crippen LogP contribution in [0.2, 0.25) is 5.28 Å². The van der Waals surface area contributed by atoms with Crippen molar-refractivity contribution in [2.75, 3.05) is 12.3 Å². The van der Waals surface area contributed by atoms with Crippen molar-refractivity contribution >= 4 is 17.5 Å². The molecule has 5 nitrogen and oxygen atoms in total. The van der Waals surface area contributed by atoms with E-state index in [1.165, 1.54) is 0 Å². The monoisotopic (exact) mass is 256 g/mol. The quantitative estimate of drug-likeness (QED) is 0.832. The molecule has 1 aromatic rings. The predicted molar refractivity (Wildman–Crippen MR) is 50.0 cm³/mol. The van der Waals surface area contributed by atoms with Gasteiger partial charge in [0.25, 0.3) is 0 Å². The molecule has 2 N–H and O–H groups in total. The Morgan fingerprint density at radius 3 is 2.50 bits per heavy atom. The Bertz CT molecular complexity index is 340. The third-order valence-electron chi connectivity index (χ3n) is 1.44. The maximum Gasteiger partial charge on any atom is 0.389 e. The Labute approximate surface area is 93.8 Å². The lowest BCUT2D eigenvalue weighted by molar-refractivity contribution is -0.136. The molecule has 0 radical (unpaired) electrons. The number of rotatable bonds is 4. The van der Waals surface area contributed by atoms with Gasteiger partial charge in [-0.15, -0.1) is 0 Å². The maximum absolute atomic E-state index is 11.8. The molecular weight excluding hydrogens is 249 g/mol. The van der Waals surface area contributed by atoms with Crippen molar-refractivity contribution in [2.45, 2.75) is 19.0 Å². The minimum atomic E-state index is -4.20. The molecule has 0 aliphatic heterocycles. The average Bonchev–Trinajstić information content (AvgIpc) is 2.09. The Hall–Kier alpha value is -1.31. The summed E-state index contributed by atoms with van der Waals surface area (Å²) >= 11 is 5.43. The van der Waals surface area contributed by atoms with E-state index in [-0.39, 0.29) is 30.3 Å². The zero-order chi connectivity index (χ0) is 12.2. The topological polar surface area (TPSA) is 73.9 Å². The van der Waals surface area contributed by atoms with Crippen molar-refractivity contribution in [3.63, 3.8) is 0 Å². The first-order valence-electron chi connectivity index (χ1n) is 4.23. The molecule has 9 heteroatoms. The first-order valence-corrected chi connectivity index (χ1v) is 4.61. The predicted octanol–water partition coefficient (Wildman–Crippen LogP) is 1.83. The smallest absolute Gasteiger partial charge is 0.389 e. The second-order valence-electron chi connectivity index (χ2n) is 2.81. The van der Waals surface area contributed by atoms with E-state index in [4.69, 9.17) is 22.1 Å². The Kier molecular flexibility index (Phi) is 4.11. The minimum Gasteiger partial charge on any atom is -0.463 e. The normalized spacial score (nSPS) is 11.5. The van der Waals surface area contributed by atoms with E-state index in [9.17, 15) is 13.2 Å². The van der Waals surface area contributed by atoms with Crippen molar-refractivity contribution in [1.82, 2.24) is 15.0 Å². The highest BCUT2D eigenvalue weighted by molar-refractivity contribution is 6.28. The van der Waals surface area contributed by atoms with E-state index < -0.39 is 12.6 Å². The number of hydrogen-bond donors (Lipinski definition) is 1. The number of aromatic nitrogens is 3. The van der Waals surface area contributed by atoms with Crippen LogP contribution in [0.3, 0.4) is 0 Å². The van der Waals surface area contributed by atoms with Crippen molar-refractivity contribution in [3.05, 3.63) is 5.28 Å². The zero-order valence-corrected chi connectivity index (χ0v) is 8.72. The van der Waals surface area contributed by atoms with E-state index in [0.717, 1.165) is 0 Å². The van der Waals surface area contributed by atoms with Crippen LogP contribution in [-0.2, 0) is 0 Å². The highest BCUT2D eigenvalue weighted by Crippen LogP contribution is 2.21. The molecule has 16 heavy (non-hydrogen) atoms. The molecule has 0 fully saturated rings. The lowest BCUT2D eigenvalue weighted by Crippen LogP contribution is -2.11. The molecule has 1 heterocycles. The first-order chi connectivity index (χ1) is 7.37. The molecule has 1 rings (SSSR count). The fraction of sp³-hybridized carbons (Fsp3) is 0.571. The van der Waals surface area contributed by atoms with Crippen molar-refractivity contribution in [2.24, 2.45) is 0 Å². The SMILES string of the molecule is Nc1nc(Cl)nc(OCCCC(F)(F)F)n1. The van der Waals surface area contributed by atoms with Gasteiger partial charge in [0.05, 0.1) is 6.61 Å². The van der Waals surface area contributed by atoms with Crippen LogP contribution in [0.4, 0.5) is 19.1 Å². The van der Waals surface area contributed by atoms with Gasteiger partial charge in [0.1, 0.15) is 0 Å². The summed E-state index contributed by atoms with van der Waals surface area (Å²) in [5.41, 5.74) is 5.23. The molecule has 0 saturated heterocycles. The van der Waals surface area contributed by atoms with Crippen LogP contribution in [0.25, 0.3) is 0 Å². The van der Waals surface area contributed by atoms with Gasteiger partial charge in [-0.2, -0.15) is 28.1 Å². The summed E-state index contributed by atoms with van der Waals surface area (Å²) in [4.78, 5) is 10.5. The summed E-state index contributed by atoms with van der Waals surface area (Å²) in [5, 5.41) is -0.168. The molecule has 0 atom stereocenters. The van der Waals surface area contributed by atoms with Crippen molar-refractivity contribution in [3.8, 4) is 6.01 Å². The van der Waals surface area contributed by atoms with Crippen LogP contribution >= 0.6 is 11.6 Å². The third kappa shape index (κ3) is 4.96. The number of nitrogen functional groups attached to an aromatic ring is 1. The van der Waals surface area contributed by atoms with Gasteiger partial charge >= 0.3 is 12.2 Å². The standard InChI is InChI=1S/C7H8ClF3N4O/c8-4-13-5(12)15-6(14-4)16-3-1-2-7(9,10)11/h1-3H2,(H2,12,13,14,15). The molecule has 0 aliphatic carbocycles. The van der Waals surface area contributed by atoms with Gasteiger partial charge in [0, 0.05) is 6.42 Å². The molecule has 0 aromatic carbocycles. The summed E-state index contributed by atoms with van der Waals surface area (Å²) in [5.74, 6) is -0.147. The number of hydrogen-bond acceptors (Lipinski definition) is 5. The van der Waals surface area contributed by atoms with Crippen LogP contribution in [-0.4, -0.2) is 27.7 Å². The van der Waals surface area contributed by atoms with Crippen molar-refractivity contribution in [1.29, 1.82) is 0 Å². The molecule has 0 spiro atoms. The summed E-state index contributed by atoms with van der Waals surface area (Å²) < 4.78 is 40.2. The average molecular weight is 257 g/mol. The lowest BCUT2D eigenvalue weighted by Gasteiger charge is -2.06. The fourth-order valence-electron chi connectivity index (χ4n) is 0.847. The van der Waals surface area contributed by atoms with E-state index in [2.05, 4.69) is 15.0 Å². The van der Waals surface area contributed by atoms with E-state index in [1.807, 2.05) is 0 Å². The van der Waals surface area contributed by atoms with Crippen LogP contribution in [0.1, 0.15) is 12.8 Å². The number of halogens is 4. The van der Waals surface area contributed by atoms with Gasteiger partial charge in [-0.1, -0.05) is 0 Å². The lowest BCUT2D eigenvalue weighted by atomic mass is 10.3. The van der Waals surface area contributed by atoms with Gasteiger partial charge in [-0.05, 0) is 18.0 Å². The van der Waals surface area contributed by atoms with Gasteiger partial charge < -0.3 is 10.5 Å². The fourth-order valence-corrected chi connectivity index (χ4v) is 1.01. The number of ether oxygens (including phenoxy) is 1. The molecular formula is C7H8ClF3N4O. The highest BCUT2D eigenvalue weighted by Gasteiger charge is 2.26. The molecule has 0 amide bonds. The van der Waals surface area contributed by atoms with Crippen LogP contribution in [0.5, 0.6) is 6.01 Å². The van der Waals surface area contributed by atoms with Gasteiger partial charge in [0.15, 0.2) is 0 Å². The summed E-state index contributed by atoms with van der Waals surface area (Å²) in [6, 6.07) is -0.181. The van der Waals surface area contributed by atoms with Gasteiger partial charge in [0.2, 0.25) is 11.2 Å². The summed E-state index contributed by atoms with van der Waals surface area (Å²) in [6.45, 7) is -0.167. The molecule has 90 valence electrons. The van der Waals surface area contributed by atoms with Crippen LogP contribution in [0, 0.1) is 0 Å². The Morgan fingerprint density at radius 2 is 1.94 bits per heavy atom. The number of nitrogens with zero attached hydrogens (tertiary/aromatic N) is 3. The van der Waals surface area contributed by atoms with Crippen LogP contribution < -0.4 is 10.5 Å². The zero-order valence-electron chi connectivity index (χ0n) is 7.96. The second-order valence-corrected chi connectivity index (χ2v) is 3.15. The molecule has 0 unspecified atom stereocenters. The van der Waals surface area contributed by atoms with Crippen LogP contribution in [0.15, 0.2) is 0 Å². The first kappa shape index (κ1) is 12.8. The van der Waals surface area contributed by atoms with E-state index in [0.29, 0.717) is 0 Å². The maximum atomic E-state index is 11.8. The summed E-state index contributed by atoms with van der Waals surface area (Å²) in [7, 11) is 0.